The third-order valence-corrected chi connectivity index (χ3v) is 2.99. The van der Waals surface area contributed by atoms with Crippen LogP contribution in [-0.2, 0) is 13.1 Å². The third-order valence-electron chi connectivity index (χ3n) is 2.99. The Morgan fingerprint density at radius 3 is 2.94 bits per heavy atom. The third kappa shape index (κ3) is 3.94. The quantitative estimate of drug-likeness (QED) is 0.703. The summed E-state index contributed by atoms with van der Waals surface area (Å²) in [6.07, 6.45) is 5.77. The number of aromatic nitrogens is 2. The molecule has 0 fully saturated rings. The normalized spacial score (nSPS) is 12.9. The van der Waals surface area contributed by atoms with E-state index < -0.39 is 0 Å². The molecular formula is C12H23N3O. The van der Waals surface area contributed by atoms with E-state index in [9.17, 15) is 0 Å². The molecule has 0 amide bonds. The van der Waals surface area contributed by atoms with E-state index in [-0.39, 0.29) is 6.61 Å². The highest BCUT2D eigenvalue weighted by Crippen LogP contribution is 2.06. The highest BCUT2D eigenvalue weighted by atomic mass is 16.3. The maximum absolute atomic E-state index is 8.89. The molecule has 0 aliphatic heterocycles. The zero-order valence-corrected chi connectivity index (χ0v) is 10.3. The number of aryl methyl sites for hydroxylation is 1. The van der Waals surface area contributed by atoms with Crippen molar-refractivity contribution in [2.24, 2.45) is 5.92 Å². The molecule has 0 radical (unpaired) electrons. The predicted molar refractivity (Wildman–Crippen MR) is 65.1 cm³/mol. The van der Waals surface area contributed by atoms with Gasteiger partial charge in [-0.05, 0) is 25.8 Å². The minimum absolute atomic E-state index is 0.285. The first kappa shape index (κ1) is 13.2. The minimum Gasteiger partial charge on any atom is -0.396 e. The number of nitrogens with one attached hydrogen (secondary N) is 1. The molecule has 1 unspecified atom stereocenters. The zero-order valence-electron chi connectivity index (χ0n) is 10.3. The van der Waals surface area contributed by atoms with E-state index in [4.69, 9.17) is 5.11 Å². The lowest BCUT2D eigenvalue weighted by atomic mass is 10.0. The van der Waals surface area contributed by atoms with Crippen LogP contribution in [0.4, 0.5) is 0 Å². The number of rotatable bonds is 8. The van der Waals surface area contributed by atoms with E-state index in [1.807, 2.05) is 12.5 Å². The summed E-state index contributed by atoms with van der Waals surface area (Å²) >= 11 is 0. The van der Waals surface area contributed by atoms with E-state index in [1.165, 1.54) is 5.69 Å². The second-order valence-corrected chi connectivity index (χ2v) is 4.09. The smallest absolute Gasteiger partial charge is 0.0948 e. The number of aliphatic hydroxyl groups is 1. The lowest BCUT2D eigenvalue weighted by Gasteiger charge is -2.14. The molecule has 1 rings (SSSR count). The van der Waals surface area contributed by atoms with Crippen LogP contribution in [0, 0.1) is 5.92 Å². The summed E-state index contributed by atoms with van der Waals surface area (Å²) in [7, 11) is 0. The molecule has 0 aliphatic rings. The predicted octanol–water partition coefficient (Wildman–Crippen LogP) is 1.40. The van der Waals surface area contributed by atoms with Crippen LogP contribution in [0.1, 0.15) is 32.4 Å². The SMILES string of the molecule is CCC(CCO)CNCc1cncn1CC. The van der Waals surface area contributed by atoms with Gasteiger partial charge in [-0.25, -0.2) is 4.98 Å². The van der Waals surface area contributed by atoms with Gasteiger partial charge in [0.2, 0.25) is 0 Å². The molecular weight excluding hydrogens is 202 g/mol. The van der Waals surface area contributed by atoms with Crippen molar-refractivity contribution in [1.82, 2.24) is 14.9 Å². The molecule has 0 saturated heterocycles. The van der Waals surface area contributed by atoms with Gasteiger partial charge in [0.15, 0.2) is 0 Å². The topological polar surface area (TPSA) is 50.1 Å². The van der Waals surface area contributed by atoms with Crippen LogP contribution in [0.5, 0.6) is 0 Å². The highest BCUT2D eigenvalue weighted by molar-refractivity contribution is 4.97. The van der Waals surface area contributed by atoms with E-state index in [0.717, 1.165) is 32.5 Å². The van der Waals surface area contributed by atoms with Crippen molar-refractivity contribution in [1.29, 1.82) is 0 Å². The Kier molecular flexibility index (Phi) is 6.11. The van der Waals surface area contributed by atoms with Crippen LogP contribution in [-0.4, -0.2) is 27.8 Å². The van der Waals surface area contributed by atoms with E-state index in [2.05, 4.69) is 28.7 Å². The molecule has 0 saturated carbocycles. The number of hydrogen-bond donors (Lipinski definition) is 2. The van der Waals surface area contributed by atoms with Crippen LogP contribution < -0.4 is 5.32 Å². The summed E-state index contributed by atoms with van der Waals surface area (Å²) in [6, 6.07) is 0. The Morgan fingerprint density at radius 2 is 2.31 bits per heavy atom. The average molecular weight is 225 g/mol. The molecule has 1 atom stereocenters. The fourth-order valence-electron chi connectivity index (χ4n) is 1.82. The molecule has 4 nitrogen and oxygen atoms in total. The van der Waals surface area contributed by atoms with Crippen molar-refractivity contribution < 1.29 is 5.11 Å². The lowest BCUT2D eigenvalue weighted by molar-refractivity contribution is 0.251. The monoisotopic (exact) mass is 225 g/mol. The van der Waals surface area contributed by atoms with Crippen molar-refractivity contribution in [3.63, 3.8) is 0 Å². The molecule has 1 aromatic rings. The van der Waals surface area contributed by atoms with Gasteiger partial charge in [0, 0.05) is 25.9 Å². The fraction of sp³-hybridized carbons (Fsp3) is 0.750. The molecule has 16 heavy (non-hydrogen) atoms. The molecule has 1 aromatic heterocycles. The first-order valence-corrected chi connectivity index (χ1v) is 6.12. The Balaban J connectivity index is 2.29. The first-order valence-electron chi connectivity index (χ1n) is 6.12. The van der Waals surface area contributed by atoms with Crippen LogP contribution in [0.3, 0.4) is 0 Å². The molecule has 4 heteroatoms. The Hall–Kier alpha value is -0.870. The summed E-state index contributed by atoms with van der Waals surface area (Å²) in [6.45, 7) is 7.35. The average Bonchev–Trinajstić information content (AvgIpc) is 2.75. The Bertz CT molecular complexity index is 286. The van der Waals surface area contributed by atoms with Crippen LogP contribution in [0.2, 0.25) is 0 Å². The van der Waals surface area contributed by atoms with Gasteiger partial charge in [-0.2, -0.15) is 0 Å². The van der Waals surface area contributed by atoms with Gasteiger partial charge in [0.25, 0.3) is 0 Å². The number of nitrogens with zero attached hydrogens (tertiary/aromatic N) is 2. The molecule has 0 bridgehead atoms. The van der Waals surface area contributed by atoms with E-state index in [1.54, 1.807) is 0 Å². The highest BCUT2D eigenvalue weighted by Gasteiger charge is 2.05. The van der Waals surface area contributed by atoms with Crippen molar-refractivity contribution in [2.45, 2.75) is 39.8 Å². The first-order chi connectivity index (χ1) is 7.81. The Labute approximate surface area is 97.7 Å². The van der Waals surface area contributed by atoms with Crippen LogP contribution in [0.15, 0.2) is 12.5 Å². The molecule has 92 valence electrons. The minimum atomic E-state index is 0.285. The van der Waals surface area contributed by atoms with Crippen molar-refractivity contribution in [3.8, 4) is 0 Å². The van der Waals surface area contributed by atoms with Crippen molar-refractivity contribution >= 4 is 0 Å². The molecule has 1 heterocycles. The van der Waals surface area contributed by atoms with Crippen LogP contribution >= 0.6 is 0 Å². The maximum Gasteiger partial charge on any atom is 0.0948 e. The van der Waals surface area contributed by atoms with Crippen molar-refractivity contribution in [2.75, 3.05) is 13.2 Å². The summed E-state index contributed by atoms with van der Waals surface area (Å²) in [5.74, 6) is 0.572. The summed E-state index contributed by atoms with van der Waals surface area (Å²) in [5.41, 5.74) is 1.22. The zero-order chi connectivity index (χ0) is 11.8. The largest absolute Gasteiger partial charge is 0.396 e. The number of hydrogen-bond acceptors (Lipinski definition) is 3. The van der Waals surface area contributed by atoms with Gasteiger partial charge in [-0.15, -0.1) is 0 Å². The van der Waals surface area contributed by atoms with Gasteiger partial charge in [0.1, 0.15) is 0 Å². The van der Waals surface area contributed by atoms with Gasteiger partial charge in [-0.1, -0.05) is 13.3 Å². The summed E-state index contributed by atoms with van der Waals surface area (Å²) in [5, 5.41) is 12.3. The van der Waals surface area contributed by atoms with E-state index in [0.29, 0.717) is 5.92 Å². The molecule has 0 aromatic carbocycles. The number of imidazole rings is 1. The second kappa shape index (κ2) is 7.41. The second-order valence-electron chi connectivity index (χ2n) is 4.09. The number of aliphatic hydroxyl groups excluding tert-OH is 1. The summed E-state index contributed by atoms with van der Waals surface area (Å²) < 4.78 is 2.14. The van der Waals surface area contributed by atoms with Crippen molar-refractivity contribution in [3.05, 3.63) is 18.2 Å². The Morgan fingerprint density at radius 1 is 1.50 bits per heavy atom. The summed E-state index contributed by atoms with van der Waals surface area (Å²) in [4.78, 5) is 4.13. The fourth-order valence-corrected chi connectivity index (χ4v) is 1.82. The lowest BCUT2D eigenvalue weighted by Crippen LogP contribution is -2.24. The molecule has 2 N–H and O–H groups in total. The van der Waals surface area contributed by atoms with Gasteiger partial charge in [0.05, 0.1) is 12.0 Å². The van der Waals surface area contributed by atoms with Gasteiger partial charge in [-0.3, -0.25) is 0 Å². The molecule has 0 spiro atoms. The van der Waals surface area contributed by atoms with E-state index >= 15 is 0 Å². The van der Waals surface area contributed by atoms with Gasteiger partial charge >= 0.3 is 0 Å². The maximum atomic E-state index is 8.89. The van der Waals surface area contributed by atoms with Crippen LogP contribution in [0.25, 0.3) is 0 Å². The standard InChI is InChI=1S/C12H23N3O/c1-3-11(5-6-16)7-13-8-12-9-14-10-15(12)4-2/h9-11,13,16H,3-8H2,1-2H3. The van der Waals surface area contributed by atoms with Gasteiger partial charge < -0.3 is 15.0 Å². The molecule has 0 aliphatic carbocycles.